The van der Waals surface area contributed by atoms with Crippen molar-refractivity contribution < 1.29 is 52.1 Å². The third-order valence-electron chi connectivity index (χ3n) is 7.38. The first-order chi connectivity index (χ1) is 25.5. The summed E-state index contributed by atoms with van der Waals surface area (Å²) in [6.45, 7) is 0. The zero-order chi connectivity index (χ0) is 37.5. The fraction of sp³-hybridized carbons (Fsp3) is 0. The molecule has 0 aliphatic rings. The van der Waals surface area contributed by atoms with Gasteiger partial charge in [-0.2, -0.15) is 13.5 Å². The van der Waals surface area contributed by atoms with E-state index in [0.29, 0.717) is 61.4 Å². The van der Waals surface area contributed by atoms with Crippen LogP contribution in [0.3, 0.4) is 0 Å². The van der Waals surface area contributed by atoms with Gasteiger partial charge in [0.15, 0.2) is 5.75 Å². The number of benzene rings is 6. The van der Waals surface area contributed by atoms with Gasteiger partial charge in [-0.05, 0) is 90.3 Å². The van der Waals surface area contributed by atoms with E-state index in [2.05, 4.69) is 44.5 Å². The standard InChI is InChI=1S/C33H24N6O11S3/c34-20-7-4-19-14-30(52-50-48-43)31(32(40)26(19)15-20)39-38-29-13-12-28(25-11-10-24(17-27(25)29)53(44,45)46)37-36-21-8-5-18(6-9-21)33(41)35-22-2-1-3-23(16-22)51-49-47-42/h1-17,40,42-43H,34H2,(H,35,41)(H,44,45,46). The van der Waals surface area contributed by atoms with Gasteiger partial charge < -0.3 is 16.2 Å². The number of phenolic OH excluding ortho intramolecular Hbond substituents is 1. The van der Waals surface area contributed by atoms with E-state index in [1.54, 1.807) is 72.8 Å². The van der Waals surface area contributed by atoms with E-state index in [4.69, 9.17) is 16.2 Å². The lowest BCUT2D eigenvalue weighted by atomic mass is 10.1. The third kappa shape index (κ3) is 8.93. The first-order valence-electron chi connectivity index (χ1n) is 14.8. The number of carbonyl (C=O) groups excluding carboxylic acids is 1. The van der Waals surface area contributed by atoms with Gasteiger partial charge in [-0.3, -0.25) is 9.35 Å². The van der Waals surface area contributed by atoms with Crippen LogP contribution >= 0.6 is 24.1 Å². The Bertz CT molecular complexity index is 2500. The van der Waals surface area contributed by atoms with E-state index >= 15 is 0 Å². The number of nitrogen functional groups attached to an aromatic ring is 1. The minimum absolute atomic E-state index is 0.0830. The number of phenols is 1. The van der Waals surface area contributed by atoms with Crippen LogP contribution in [-0.2, 0) is 28.9 Å². The molecule has 6 aromatic carbocycles. The number of carbonyl (C=O) groups is 1. The smallest absolute Gasteiger partial charge is 0.294 e. The highest BCUT2D eigenvalue weighted by Gasteiger charge is 2.17. The Morgan fingerprint density at radius 3 is 2.19 bits per heavy atom. The molecule has 0 radical (unpaired) electrons. The molecule has 0 saturated heterocycles. The second kappa shape index (κ2) is 16.4. The Morgan fingerprint density at radius 2 is 1.45 bits per heavy atom. The molecule has 0 saturated carbocycles. The largest absolute Gasteiger partial charge is 0.505 e. The van der Waals surface area contributed by atoms with Crippen LogP contribution in [0.4, 0.5) is 34.1 Å². The Labute approximate surface area is 307 Å². The highest BCUT2D eigenvalue weighted by Crippen LogP contribution is 2.45. The number of hydrogen-bond acceptors (Lipinski definition) is 17. The van der Waals surface area contributed by atoms with Crippen LogP contribution in [0.1, 0.15) is 10.4 Å². The van der Waals surface area contributed by atoms with Gasteiger partial charge in [-0.15, -0.1) is 24.0 Å². The first-order valence-corrected chi connectivity index (χ1v) is 17.7. The Hall–Kier alpha value is -5.52. The minimum atomic E-state index is -4.62. The van der Waals surface area contributed by atoms with Crippen LogP contribution < -0.4 is 11.1 Å². The summed E-state index contributed by atoms with van der Waals surface area (Å²) < 4.78 is 42.9. The molecule has 0 atom stereocenters. The lowest BCUT2D eigenvalue weighted by Gasteiger charge is -2.10. The zero-order valence-electron chi connectivity index (χ0n) is 26.6. The molecule has 1 amide bonds. The molecule has 270 valence electrons. The van der Waals surface area contributed by atoms with Gasteiger partial charge in [-0.25, -0.2) is 10.5 Å². The molecule has 0 fully saturated rings. The van der Waals surface area contributed by atoms with Crippen molar-refractivity contribution in [3.63, 3.8) is 0 Å². The SMILES string of the molecule is Nc1ccc2cc(SOOO)c(N=Nc3ccc(N=Nc4ccc(C(=O)Nc5cccc(SOOO)c5)cc4)c4ccc(S(=O)(=O)O)cc34)c(O)c2c1. The summed E-state index contributed by atoms with van der Waals surface area (Å²) >= 11 is 1.29. The summed E-state index contributed by atoms with van der Waals surface area (Å²) in [5, 5.41) is 56.8. The number of nitrogens with two attached hydrogens (primary N) is 1. The maximum atomic E-state index is 12.8. The van der Waals surface area contributed by atoms with E-state index in [0.717, 1.165) is 12.0 Å². The molecule has 20 heteroatoms. The predicted molar refractivity (Wildman–Crippen MR) is 194 cm³/mol. The number of nitrogens with one attached hydrogen (secondary N) is 1. The maximum absolute atomic E-state index is 12.8. The summed E-state index contributed by atoms with van der Waals surface area (Å²) in [7, 11) is -4.62. The lowest BCUT2D eigenvalue weighted by Crippen LogP contribution is -2.11. The van der Waals surface area contributed by atoms with Crippen LogP contribution in [0.2, 0.25) is 0 Å². The lowest BCUT2D eigenvalue weighted by molar-refractivity contribution is -0.432. The summed E-state index contributed by atoms with van der Waals surface area (Å²) in [5.74, 6) is -0.714. The third-order valence-corrected chi connectivity index (χ3v) is 9.43. The molecule has 17 nitrogen and oxygen atoms in total. The molecular weight excluding hydrogens is 753 g/mol. The molecule has 6 aromatic rings. The van der Waals surface area contributed by atoms with Gasteiger partial charge in [-0.1, -0.05) is 28.3 Å². The predicted octanol–water partition coefficient (Wildman–Crippen LogP) is 9.47. The maximum Gasteiger partial charge on any atom is 0.294 e. The van der Waals surface area contributed by atoms with Gasteiger partial charge in [0, 0.05) is 38.0 Å². The van der Waals surface area contributed by atoms with Gasteiger partial charge in [0.05, 0.1) is 50.9 Å². The number of anilines is 2. The summed E-state index contributed by atoms with van der Waals surface area (Å²) in [5.41, 5.74) is 7.81. The number of aromatic hydroxyl groups is 1. The Kier molecular flexibility index (Phi) is 11.6. The molecule has 0 bridgehead atoms. The average Bonchev–Trinajstić information content (AvgIpc) is 3.15. The fourth-order valence-corrected chi connectivity index (χ4v) is 6.40. The van der Waals surface area contributed by atoms with Crippen molar-refractivity contribution in [2.24, 2.45) is 20.5 Å². The molecule has 0 aliphatic heterocycles. The molecular formula is C33H24N6O11S3. The van der Waals surface area contributed by atoms with Crippen molar-refractivity contribution in [3.05, 3.63) is 109 Å². The van der Waals surface area contributed by atoms with Crippen LogP contribution in [0, 0.1) is 0 Å². The summed E-state index contributed by atoms with van der Waals surface area (Å²) in [4.78, 5) is 13.2. The van der Waals surface area contributed by atoms with Gasteiger partial charge in [0.1, 0.15) is 5.69 Å². The topological polar surface area (TPSA) is 257 Å². The Balaban J connectivity index is 1.30. The highest BCUT2D eigenvalue weighted by molar-refractivity contribution is 7.95. The number of hydrogen-bond donors (Lipinski definition) is 6. The van der Waals surface area contributed by atoms with Crippen molar-refractivity contribution >= 4 is 95.8 Å². The molecule has 0 aromatic heterocycles. The number of fused-ring (bicyclic) bond motifs is 2. The molecule has 6 rings (SSSR count). The highest BCUT2D eigenvalue weighted by atomic mass is 32.2. The molecule has 0 heterocycles. The summed E-state index contributed by atoms with van der Waals surface area (Å²) in [6.07, 6.45) is 0. The van der Waals surface area contributed by atoms with E-state index < -0.39 is 20.9 Å². The zero-order valence-corrected chi connectivity index (χ0v) is 29.0. The van der Waals surface area contributed by atoms with Crippen LogP contribution in [-0.4, -0.2) is 34.5 Å². The molecule has 7 N–H and O–H groups in total. The van der Waals surface area contributed by atoms with E-state index in [-0.39, 0.29) is 27.4 Å². The average molecular weight is 777 g/mol. The van der Waals surface area contributed by atoms with E-state index in [1.807, 2.05) is 0 Å². The number of nitrogens with zero attached hydrogens (tertiary/aromatic N) is 4. The van der Waals surface area contributed by atoms with Crippen molar-refractivity contribution in [2.45, 2.75) is 14.7 Å². The van der Waals surface area contributed by atoms with Crippen LogP contribution in [0.15, 0.2) is 138 Å². The number of azo groups is 2. The molecule has 0 aliphatic carbocycles. The summed E-state index contributed by atoms with van der Waals surface area (Å²) in [6, 6.07) is 26.1. The quantitative estimate of drug-likeness (QED) is 0.0159. The fourth-order valence-electron chi connectivity index (χ4n) is 4.98. The monoisotopic (exact) mass is 776 g/mol. The minimum Gasteiger partial charge on any atom is -0.505 e. The van der Waals surface area contributed by atoms with Gasteiger partial charge in [0.2, 0.25) is 0 Å². The van der Waals surface area contributed by atoms with Crippen molar-refractivity contribution in [1.82, 2.24) is 0 Å². The van der Waals surface area contributed by atoms with E-state index in [9.17, 15) is 22.9 Å². The molecule has 0 unspecified atom stereocenters. The first kappa shape index (κ1) is 37.2. The molecule has 0 spiro atoms. The van der Waals surface area contributed by atoms with Gasteiger partial charge >= 0.3 is 0 Å². The number of rotatable bonds is 13. The normalized spacial score (nSPS) is 12.0. The van der Waals surface area contributed by atoms with Crippen molar-refractivity contribution in [2.75, 3.05) is 11.1 Å². The van der Waals surface area contributed by atoms with Gasteiger partial charge in [0.25, 0.3) is 16.0 Å². The molecule has 53 heavy (non-hydrogen) atoms. The van der Waals surface area contributed by atoms with Crippen molar-refractivity contribution in [3.8, 4) is 5.75 Å². The van der Waals surface area contributed by atoms with Crippen molar-refractivity contribution in [1.29, 1.82) is 0 Å². The van der Waals surface area contributed by atoms with Crippen LogP contribution in [0.5, 0.6) is 5.75 Å². The number of amides is 1. The second-order valence-corrected chi connectivity index (χ2v) is 13.7. The Morgan fingerprint density at radius 1 is 0.736 bits per heavy atom. The van der Waals surface area contributed by atoms with Crippen LogP contribution in [0.25, 0.3) is 21.5 Å². The van der Waals surface area contributed by atoms with E-state index in [1.165, 1.54) is 30.3 Å². The second-order valence-electron chi connectivity index (χ2n) is 10.7.